The molecule has 2 N–H and O–H groups in total. The number of para-hydroxylation sites is 2. The van der Waals surface area contributed by atoms with E-state index in [4.69, 9.17) is 0 Å². The van der Waals surface area contributed by atoms with Crippen molar-refractivity contribution in [1.82, 2.24) is 0 Å². The van der Waals surface area contributed by atoms with Crippen molar-refractivity contribution < 1.29 is 0 Å². The molecule has 0 saturated carbocycles. The first-order valence-electron chi connectivity index (χ1n) is 7.28. The van der Waals surface area contributed by atoms with E-state index < -0.39 is 10.9 Å². The van der Waals surface area contributed by atoms with E-state index in [-0.39, 0.29) is 10.7 Å². The molecule has 0 aliphatic rings. The third-order valence-corrected chi connectivity index (χ3v) is 3.22. The fourth-order valence-corrected chi connectivity index (χ4v) is 2.01. The summed E-state index contributed by atoms with van der Waals surface area (Å²) in [6.07, 6.45) is 0. The number of rotatable bonds is 4. The molecule has 0 amide bonds. The first-order chi connectivity index (χ1) is 11.7. The highest BCUT2D eigenvalue weighted by Gasteiger charge is 2.00. The highest BCUT2D eigenvalue weighted by Crippen LogP contribution is 2.04. The lowest BCUT2D eigenvalue weighted by molar-refractivity contribution is 1.09. The number of benzene rings is 3. The lowest BCUT2D eigenvalue weighted by atomic mass is 10.3. The minimum Gasteiger partial charge on any atom is -0.285 e. The van der Waals surface area contributed by atoms with Crippen LogP contribution in [0, 0.1) is 0 Å². The largest absolute Gasteiger partial charge is 0.285 e. The SMILES string of the molecule is O=c1ccc(=NNc2ccccc2)c(=NNc2ccccc2)c1=O. The van der Waals surface area contributed by atoms with Gasteiger partial charge in [-0.2, -0.15) is 10.2 Å². The van der Waals surface area contributed by atoms with E-state index in [1.807, 2.05) is 48.5 Å². The summed E-state index contributed by atoms with van der Waals surface area (Å²) in [4.78, 5) is 23.7. The first-order valence-corrected chi connectivity index (χ1v) is 7.28. The molecule has 24 heavy (non-hydrogen) atoms. The van der Waals surface area contributed by atoms with Crippen molar-refractivity contribution >= 4 is 11.4 Å². The molecule has 0 spiro atoms. The van der Waals surface area contributed by atoms with E-state index in [1.165, 1.54) is 12.1 Å². The predicted molar refractivity (Wildman–Crippen MR) is 92.6 cm³/mol. The maximum Gasteiger partial charge on any atom is 0.255 e. The van der Waals surface area contributed by atoms with Gasteiger partial charge in [0.15, 0.2) is 5.36 Å². The van der Waals surface area contributed by atoms with Crippen molar-refractivity contribution in [1.29, 1.82) is 0 Å². The Balaban J connectivity index is 2.02. The molecule has 3 aromatic rings. The summed E-state index contributed by atoms with van der Waals surface area (Å²) in [6.45, 7) is 0. The van der Waals surface area contributed by atoms with E-state index in [0.29, 0.717) is 5.69 Å². The number of nitrogens with one attached hydrogen (secondary N) is 2. The molecule has 3 aromatic carbocycles. The maximum absolute atomic E-state index is 12.1. The highest BCUT2D eigenvalue weighted by molar-refractivity contribution is 5.42. The molecule has 0 bridgehead atoms. The molecule has 0 aromatic heterocycles. The quantitative estimate of drug-likeness (QED) is 0.558. The molecule has 6 nitrogen and oxygen atoms in total. The van der Waals surface area contributed by atoms with Gasteiger partial charge in [0.25, 0.3) is 5.43 Å². The molecule has 0 saturated heterocycles. The summed E-state index contributed by atoms with van der Waals surface area (Å²) in [5, 5.41) is 8.47. The fourth-order valence-electron chi connectivity index (χ4n) is 2.01. The van der Waals surface area contributed by atoms with E-state index in [2.05, 4.69) is 21.1 Å². The average Bonchev–Trinajstić information content (AvgIpc) is 2.63. The Hall–Kier alpha value is -3.54. The molecule has 6 heteroatoms. The minimum atomic E-state index is -0.699. The van der Waals surface area contributed by atoms with Gasteiger partial charge in [-0.1, -0.05) is 36.4 Å². The van der Waals surface area contributed by atoms with Crippen molar-refractivity contribution in [2.24, 2.45) is 10.2 Å². The van der Waals surface area contributed by atoms with E-state index in [9.17, 15) is 9.59 Å². The normalized spacial score (nSPS) is 12.2. The lowest BCUT2D eigenvalue weighted by Crippen LogP contribution is -2.48. The van der Waals surface area contributed by atoms with Gasteiger partial charge in [0.1, 0.15) is 5.36 Å². The number of nitrogens with zero attached hydrogens (tertiary/aromatic N) is 2. The molecule has 0 aliphatic heterocycles. The fraction of sp³-hybridized carbons (Fsp3) is 0. The number of hydrogen-bond donors (Lipinski definition) is 2. The Morgan fingerprint density at radius 2 is 1.17 bits per heavy atom. The maximum atomic E-state index is 12.1. The molecule has 0 atom stereocenters. The Labute approximate surface area is 137 Å². The molecular weight excluding hydrogens is 304 g/mol. The van der Waals surface area contributed by atoms with Crippen LogP contribution in [0.4, 0.5) is 11.4 Å². The van der Waals surface area contributed by atoms with Gasteiger partial charge < -0.3 is 0 Å². The van der Waals surface area contributed by atoms with Crippen LogP contribution < -0.4 is 32.4 Å². The van der Waals surface area contributed by atoms with Crippen molar-refractivity contribution in [3.8, 4) is 0 Å². The monoisotopic (exact) mass is 318 g/mol. The summed E-state index contributed by atoms with van der Waals surface area (Å²) in [5.41, 5.74) is 5.75. The molecule has 0 aliphatic carbocycles. The van der Waals surface area contributed by atoms with E-state index >= 15 is 0 Å². The smallest absolute Gasteiger partial charge is 0.255 e. The lowest BCUT2D eigenvalue weighted by Gasteiger charge is -1.99. The van der Waals surface area contributed by atoms with Gasteiger partial charge >= 0.3 is 0 Å². The Morgan fingerprint density at radius 3 is 1.75 bits per heavy atom. The zero-order valence-corrected chi connectivity index (χ0v) is 12.6. The van der Waals surface area contributed by atoms with Crippen LogP contribution in [0.3, 0.4) is 0 Å². The van der Waals surface area contributed by atoms with Gasteiger partial charge in [0, 0.05) is 0 Å². The standard InChI is InChI=1S/C18H14N4O2/c23-16-12-11-15(21-19-13-7-3-1-4-8-13)17(18(16)24)22-20-14-9-5-2-6-10-14/h1-12,19-20H. The van der Waals surface area contributed by atoms with Crippen LogP contribution in [0.2, 0.25) is 0 Å². The summed E-state index contributed by atoms with van der Waals surface area (Å²) in [5.74, 6) is 0. The average molecular weight is 318 g/mol. The second-order valence-electron chi connectivity index (χ2n) is 4.94. The van der Waals surface area contributed by atoms with Gasteiger partial charge in [0.2, 0.25) is 5.43 Å². The first kappa shape index (κ1) is 15.4. The molecule has 118 valence electrons. The Bertz CT molecular complexity index is 1040. The zero-order valence-electron chi connectivity index (χ0n) is 12.6. The van der Waals surface area contributed by atoms with E-state index in [0.717, 1.165) is 5.69 Å². The summed E-state index contributed by atoms with van der Waals surface area (Å²) < 4.78 is 0. The van der Waals surface area contributed by atoms with Crippen LogP contribution in [0.15, 0.2) is 92.6 Å². The van der Waals surface area contributed by atoms with Gasteiger partial charge in [-0.05, 0) is 36.4 Å². The predicted octanol–water partition coefficient (Wildman–Crippen LogP) is 1.14. The third kappa shape index (κ3) is 3.61. The third-order valence-electron chi connectivity index (χ3n) is 3.22. The molecule has 0 radical (unpaired) electrons. The van der Waals surface area contributed by atoms with Crippen LogP contribution >= 0.6 is 0 Å². The van der Waals surface area contributed by atoms with Crippen molar-refractivity contribution in [3.05, 3.63) is 104 Å². The Morgan fingerprint density at radius 1 is 0.625 bits per heavy atom. The highest BCUT2D eigenvalue weighted by atomic mass is 16.2. The van der Waals surface area contributed by atoms with Gasteiger partial charge in [0.05, 0.1) is 11.4 Å². The van der Waals surface area contributed by atoms with Crippen LogP contribution in [-0.4, -0.2) is 0 Å². The molecule has 0 heterocycles. The number of hydrogen-bond acceptors (Lipinski definition) is 6. The van der Waals surface area contributed by atoms with Crippen molar-refractivity contribution in [2.45, 2.75) is 0 Å². The Kier molecular flexibility index (Phi) is 4.57. The van der Waals surface area contributed by atoms with Crippen LogP contribution in [0.1, 0.15) is 0 Å². The number of anilines is 2. The second-order valence-corrected chi connectivity index (χ2v) is 4.94. The van der Waals surface area contributed by atoms with Gasteiger partial charge in [-0.25, -0.2) is 0 Å². The summed E-state index contributed by atoms with van der Waals surface area (Å²) >= 11 is 0. The van der Waals surface area contributed by atoms with Crippen LogP contribution in [0.5, 0.6) is 0 Å². The molecular formula is C18H14N4O2. The molecule has 0 unspecified atom stereocenters. The zero-order chi connectivity index (χ0) is 16.8. The minimum absolute atomic E-state index is 0.0326. The van der Waals surface area contributed by atoms with Crippen molar-refractivity contribution in [2.75, 3.05) is 10.9 Å². The van der Waals surface area contributed by atoms with Gasteiger partial charge in [-0.3, -0.25) is 20.4 Å². The van der Waals surface area contributed by atoms with Crippen LogP contribution in [-0.2, 0) is 0 Å². The summed E-state index contributed by atoms with van der Waals surface area (Å²) in [6, 6.07) is 21.1. The van der Waals surface area contributed by atoms with Gasteiger partial charge in [-0.15, -0.1) is 0 Å². The molecule has 0 fully saturated rings. The van der Waals surface area contributed by atoms with E-state index in [1.54, 1.807) is 12.1 Å². The summed E-state index contributed by atoms with van der Waals surface area (Å²) in [7, 11) is 0. The second kappa shape index (κ2) is 7.15. The topological polar surface area (TPSA) is 82.9 Å². The van der Waals surface area contributed by atoms with Crippen LogP contribution in [0.25, 0.3) is 0 Å². The van der Waals surface area contributed by atoms with Crippen molar-refractivity contribution in [3.63, 3.8) is 0 Å². The molecule has 3 rings (SSSR count).